The molecule has 1 aliphatic heterocycles. The summed E-state index contributed by atoms with van der Waals surface area (Å²) in [5.41, 5.74) is 2.19. The normalized spacial score (nSPS) is 15.8. The largest absolute Gasteiger partial charge is 0.308 e. The first-order valence-corrected chi connectivity index (χ1v) is 10.3. The first-order chi connectivity index (χ1) is 13.6. The van der Waals surface area contributed by atoms with Gasteiger partial charge in [-0.1, -0.05) is 35.1 Å². The van der Waals surface area contributed by atoms with Gasteiger partial charge in [-0.2, -0.15) is 0 Å². The lowest BCUT2D eigenvalue weighted by Crippen LogP contribution is -2.47. The van der Waals surface area contributed by atoms with E-state index in [-0.39, 0.29) is 10.7 Å². The maximum absolute atomic E-state index is 14.0. The number of hydrogen-bond donors (Lipinski definition) is 0. The highest BCUT2D eigenvalue weighted by Crippen LogP contribution is 2.22. The Hall–Kier alpha value is -2.06. The highest BCUT2D eigenvalue weighted by Gasteiger charge is 2.21. The molecule has 3 aromatic rings. The highest BCUT2D eigenvalue weighted by atomic mass is 35.5. The number of benzene rings is 1. The van der Waals surface area contributed by atoms with E-state index in [1.165, 1.54) is 17.4 Å². The fourth-order valence-electron chi connectivity index (χ4n) is 3.37. The lowest BCUT2D eigenvalue weighted by molar-refractivity contribution is 0.102. The molecule has 0 saturated carbocycles. The van der Waals surface area contributed by atoms with Crippen LogP contribution in [-0.4, -0.2) is 45.5 Å². The first kappa shape index (κ1) is 19.3. The first-order valence-electron chi connectivity index (χ1n) is 9.09. The molecular weight excluding hydrogens is 399 g/mol. The van der Waals surface area contributed by atoms with E-state index < -0.39 is 0 Å². The maximum atomic E-state index is 14.0. The van der Waals surface area contributed by atoms with Gasteiger partial charge in [0.05, 0.1) is 18.1 Å². The van der Waals surface area contributed by atoms with Gasteiger partial charge in [-0.05, 0) is 24.3 Å². The molecule has 4 rings (SSSR count). The van der Waals surface area contributed by atoms with Crippen molar-refractivity contribution in [1.29, 1.82) is 0 Å². The van der Waals surface area contributed by atoms with Gasteiger partial charge in [0, 0.05) is 54.9 Å². The third-order valence-electron chi connectivity index (χ3n) is 4.96. The van der Waals surface area contributed by atoms with Gasteiger partial charge in [0.25, 0.3) is 0 Å². The SMILES string of the molecule is O=c1scc(-c2ccccn2)n1CN1CCN(Cc2c(F)cccc2Cl)CC1. The third-order valence-corrected chi connectivity index (χ3v) is 6.08. The van der Waals surface area contributed by atoms with E-state index in [1.54, 1.807) is 22.9 Å². The minimum absolute atomic E-state index is 0.0150. The van der Waals surface area contributed by atoms with E-state index in [4.69, 9.17) is 11.6 Å². The van der Waals surface area contributed by atoms with Crippen LogP contribution in [0.1, 0.15) is 5.56 Å². The second-order valence-electron chi connectivity index (χ2n) is 6.77. The Balaban J connectivity index is 1.41. The Kier molecular flexibility index (Phi) is 5.87. The molecule has 1 aromatic carbocycles. The van der Waals surface area contributed by atoms with Crippen LogP contribution in [-0.2, 0) is 13.2 Å². The lowest BCUT2D eigenvalue weighted by atomic mass is 10.2. The van der Waals surface area contributed by atoms with Gasteiger partial charge in [0.15, 0.2) is 0 Å². The van der Waals surface area contributed by atoms with E-state index in [9.17, 15) is 9.18 Å². The van der Waals surface area contributed by atoms with Gasteiger partial charge < -0.3 is 0 Å². The van der Waals surface area contributed by atoms with Crippen molar-refractivity contribution < 1.29 is 4.39 Å². The summed E-state index contributed by atoms with van der Waals surface area (Å²) in [6, 6.07) is 10.5. The van der Waals surface area contributed by atoms with Crippen LogP contribution in [0, 0.1) is 5.82 Å². The van der Waals surface area contributed by atoms with Crippen molar-refractivity contribution in [2.75, 3.05) is 26.2 Å². The summed E-state index contributed by atoms with van der Waals surface area (Å²) in [5.74, 6) is -0.264. The number of rotatable bonds is 5. The summed E-state index contributed by atoms with van der Waals surface area (Å²) in [7, 11) is 0. The summed E-state index contributed by atoms with van der Waals surface area (Å²) < 4.78 is 15.8. The van der Waals surface area contributed by atoms with Crippen molar-refractivity contribution >= 4 is 22.9 Å². The molecule has 1 aliphatic rings. The van der Waals surface area contributed by atoms with Crippen LogP contribution in [0.3, 0.4) is 0 Å². The molecular formula is C20H20ClFN4OS. The molecule has 0 bridgehead atoms. The molecule has 1 saturated heterocycles. The van der Waals surface area contributed by atoms with Crippen LogP contribution in [0.25, 0.3) is 11.4 Å². The molecule has 8 heteroatoms. The van der Waals surface area contributed by atoms with Gasteiger partial charge in [-0.25, -0.2) is 4.39 Å². The van der Waals surface area contributed by atoms with Crippen LogP contribution >= 0.6 is 22.9 Å². The Morgan fingerprint density at radius 2 is 1.86 bits per heavy atom. The number of pyridine rings is 1. The highest BCUT2D eigenvalue weighted by molar-refractivity contribution is 7.07. The van der Waals surface area contributed by atoms with E-state index in [2.05, 4.69) is 14.8 Å². The smallest absolute Gasteiger partial charge is 0.296 e. The third kappa shape index (κ3) is 4.17. The maximum Gasteiger partial charge on any atom is 0.308 e. The number of hydrogen-bond acceptors (Lipinski definition) is 5. The summed E-state index contributed by atoms with van der Waals surface area (Å²) in [6.45, 7) is 4.22. The van der Waals surface area contributed by atoms with Crippen LogP contribution in [0.4, 0.5) is 4.39 Å². The van der Waals surface area contributed by atoms with Crippen LogP contribution < -0.4 is 4.87 Å². The number of thiazole rings is 1. The molecule has 0 spiro atoms. The number of nitrogens with zero attached hydrogens (tertiary/aromatic N) is 4. The molecule has 0 radical (unpaired) electrons. The lowest BCUT2D eigenvalue weighted by Gasteiger charge is -2.35. The zero-order chi connectivity index (χ0) is 19.5. The minimum Gasteiger partial charge on any atom is -0.296 e. The number of piperazine rings is 1. The van der Waals surface area contributed by atoms with E-state index >= 15 is 0 Å². The predicted octanol–water partition coefficient (Wildman–Crippen LogP) is 3.54. The molecule has 2 aromatic heterocycles. The average Bonchev–Trinajstić information content (AvgIpc) is 3.07. The molecule has 3 heterocycles. The van der Waals surface area contributed by atoms with Gasteiger partial charge in [-0.15, -0.1) is 0 Å². The summed E-state index contributed by atoms with van der Waals surface area (Å²) >= 11 is 7.34. The monoisotopic (exact) mass is 418 g/mol. The molecule has 5 nitrogen and oxygen atoms in total. The molecule has 0 amide bonds. The number of halogens is 2. The molecule has 146 valence electrons. The van der Waals surface area contributed by atoms with Crippen LogP contribution in [0.5, 0.6) is 0 Å². The van der Waals surface area contributed by atoms with Gasteiger partial charge >= 0.3 is 4.87 Å². The second-order valence-corrected chi connectivity index (χ2v) is 7.99. The number of aromatic nitrogens is 2. The topological polar surface area (TPSA) is 41.4 Å². The van der Waals surface area contributed by atoms with Crippen molar-refractivity contribution in [2.45, 2.75) is 13.2 Å². The van der Waals surface area contributed by atoms with E-state index in [0.717, 1.165) is 37.6 Å². The average molecular weight is 419 g/mol. The van der Waals surface area contributed by atoms with Crippen molar-refractivity contribution in [2.24, 2.45) is 0 Å². The zero-order valence-corrected chi connectivity index (χ0v) is 16.8. The molecule has 28 heavy (non-hydrogen) atoms. The van der Waals surface area contributed by atoms with Gasteiger partial charge in [-0.3, -0.25) is 24.1 Å². The van der Waals surface area contributed by atoms with Crippen LogP contribution in [0.15, 0.2) is 52.8 Å². The van der Waals surface area contributed by atoms with Gasteiger partial charge in [0.1, 0.15) is 5.82 Å². The summed E-state index contributed by atoms with van der Waals surface area (Å²) in [5, 5.41) is 2.33. The van der Waals surface area contributed by atoms with E-state index in [1.807, 2.05) is 23.6 Å². The second kappa shape index (κ2) is 8.53. The quantitative estimate of drug-likeness (QED) is 0.635. The van der Waals surface area contributed by atoms with Crippen molar-refractivity contribution in [3.8, 4) is 11.4 Å². The standard InChI is InChI=1S/C20H20ClFN4OS/c21-16-4-3-5-17(22)15(16)12-24-8-10-25(11-9-24)14-26-19(13-28-20(26)27)18-6-1-2-7-23-18/h1-7,13H,8-12,14H2. The molecule has 0 atom stereocenters. The molecule has 0 unspecified atom stereocenters. The summed E-state index contributed by atoms with van der Waals surface area (Å²) in [4.78, 5) is 21.1. The molecule has 1 fully saturated rings. The van der Waals surface area contributed by atoms with Crippen molar-refractivity contribution in [3.63, 3.8) is 0 Å². The van der Waals surface area contributed by atoms with Crippen molar-refractivity contribution in [3.05, 3.63) is 74.0 Å². The zero-order valence-electron chi connectivity index (χ0n) is 15.2. The fourth-order valence-corrected chi connectivity index (χ4v) is 4.34. The molecule has 0 aliphatic carbocycles. The predicted molar refractivity (Wildman–Crippen MR) is 110 cm³/mol. The van der Waals surface area contributed by atoms with E-state index in [0.29, 0.717) is 23.8 Å². The Labute approximate surface area is 171 Å². The van der Waals surface area contributed by atoms with Crippen LogP contribution in [0.2, 0.25) is 5.02 Å². The fraction of sp³-hybridized carbons (Fsp3) is 0.300. The Morgan fingerprint density at radius 1 is 1.07 bits per heavy atom. The van der Waals surface area contributed by atoms with Gasteiger partial charge in [0.2, 0.25) is 0 Å². The van der Waals surface area contributed by atoms with Crippen molar-refractivity contribution in [1.82, 2.24) is 19.4 Å². The summed E-state index contributed by atoms with van der Waals surface area (Å²) in [6.07, 6.45) is 1.73. The Morgan fingerprint density at radius 3 is 2.57 bits per heavy atom. The minimum atomic E-state index is -0.264. The molecule has 0 N–H and O–H groups in total. The Bertz CT molecular complexity index is 979.